The standard InChI is InChI=1S/C15H17N3O2S/c1-9-3-4-12(6-14(9)18-10(2)19)17-7-13-5-11(8-21-13)15(16)20/h3-6,8,17H,7H2,1-2H3,(H2,16,20)(H,18,19). The van der Waals surface area contributed by atoms with E-state index in [1.165, 1.54) is 18.3 Å². The molecule has 1 aromatic carbocycles. The fourth-order valence-electron chi connectivity index (χ4n) is 1.85. The number of nitrogens with one attached hydrogen (secondary N) is 2. The van der Waals surface area contributed by atoms with Gasteiger partial charge in [0.2, 0.25) is 11.8 Å². The molecule has 0 radical (unpaired) electrons. The molecule has 1 heterocycles. The van der Waals surface area contributed by atoms with Crippen LogP contribution in [0.3, 0.4) is 0 Å². The Kier molecular flexibility index (Phi) is 4.59. The average molecular weight is 303 g/mol. The number of hydrogen-bond donors (Lipinski definition) is 3. The third-order valence-corrected chi connectivity index (χ3v) is 3.89. The average Bonchev–Trinajstić information content (AvgIpc) is 2.88. The maximum atomic E-state index is 11.1. The second-order valence-electron chi connectivity index (χ2n) is 4.73. The second-order valence-corrected chi connectivity index (χ2v) is 5.73. The minimum Gasteiger partial charge on any atom is -0.380 e. The maximum absolute atomic E-state index is 11.1. The number of aryl methyl sites for hydroxylation is 1. The third-order valence-electron chi connectivity index (χ3n) is 2.95. The second kappa shape index (κ2) is 6.41. The molecule has 4 N–H and O–H groups in total. The number of anilines is 2. The Balaban J connectivity index is 2.05. The summed E-state index contributed by atoms with van der Waals surface area (Å²) < 4.78 is 0. The van der Waals surface area contributed by atoms with E-state index in [1.807, 2.05) is 25.1 Å². The molecule has 5 nitrogen and oxygen atoms in total. The van der Waals surface area contributed by atoms with Crippen LogP contribution in [-0.4, -0.2) is 11.8 Å². The molecule has 0 bridgehead atoms. The van der Waals surface area contributed by atoms with E-state index in [4.69, 9.17) is 5.73 Å². The Morgan fingerprint density at radius 1 is 1.29 bits per heavy atom. The number of carbonyl (C=O) groups is 2. The van der Waals surface area contributed by atoms with Gasteiger partial charge in [0.15, 0.2) is 0 Å². The predicted molar refractivity (Wildman–Crippen MR) is 85.6 cm³/mol. The number of benzene rings is 1. The number of hydrogen-bond acceptors (Lipinski definition) is 4. The summed E-state index contributed by atoms with van der Waals surface area (Å²) in [7, 11) is 0. The monoisotopic (exact) mass is 303 g/mol. The van der Waals surface area contributed by atoms with E-state index in [-0.39, 0.29) is 5.91 Å². The van der Waals surface area contributed by atoms with E-state index in [0.29, 0.717) is 12.1 Å². The SMILES string of the molecule is CC(=O)Nc1cc(NCc2cc(C(N)=O)cs2)ccc1C. The third kappa shape index (κ3) is 4.06. The summed E-state index contributed by atoms with van der Waals surface area (Å²) in [6.45, 7) is 4.02. The summed E-state index contributed by atoms with van der Waals surface area (Å²) in [5, 5.41) is 7.80. The van der Waals surface area contributed by atoms with Crippen molar-refractivity contribution in [1.82, 2.24) is 0 Å². The van der Waals surface area contributed by atoms with Gasteiger partial charge >= 0.3 is 0 Å². The highest BCUT2D eigenvalue weighted by molar-refractivity contribution is 7.10. The van der Waals surface area contributed by atoms with Gasteiger partial charge in [-0.25, -0.2) is 0 Å². The molecular weight excluding hydrogens is 286 g/mol. The van der Waals surface area contributed by atoms with E-state index in [9.17, 15) is 9.59 Å². The molecule has 0 saturated heterocycles. The van der Waals surface area contributed by atoms with Gasteiger partial charge in [-0.2, -0.15) is 0 Å². The van der Waals surface area contributed by atoms with E-state index < -0.39 is 5.91 Å². The highest BCUT2D eigenvalue weighted by atomic mass is 32.1. The van der Waals surface area contributed by atoms with Crippen molar-refractivity contribution in [3.05, 3.63) is 45.6 Å². The zero-order valence-electron chi connectivity index (χ0n) is 11.9. The van der Waals surface area contributed by atoms with Crippen LogP contribution in [0.15, 0.2) is 29.6 Å². The topological polar surface area (TPSA) is 84.2 Å². The van der Waals surface area contributed by atoms with E-state index >= 15 is 0 Å². The van der Waals surface area contributed by atoms with Crippen molar-refractivity contribution < 1.29 is 9.59 Å². The Bertz CT molecular complexity index is 679. The molecule has 2 amide bonds. The first kappa shape index (κ1) is 15.1. The largest absolute Gasteiger partial charge is 0.380 e. The fraction of sp³-hybridized carbons (Fsp3) is 0.200. The Morgan fingerprint density at radius 3 is 2.67 bits per heavy atom. The van der Waals surface area contributed by atoms with Crippen LogP contribution >= 0.6 is 11.3 Å². The van der Waals surface area contributed by atoms with Gasteiger partial charge in [0.25, 0.3) is 0 Å². The lowest BCUT2D eigenvalue weighted by Gasteiger charge is -2.10. The molecule has 0 aliphatic heterocycles. The molecule has 1 aromatic heterocycles. The number of nitrogens with two attached hydrogens (primary N) is 1. The molecule has 0 atom stereocenters. The molecular formula is C15H17N3O2S. The first-order valence-electron chi connectivity index (χ1n) is 6.45. The van der Waals surface area contributed by atoms with Crippen molar-refractivity contribution in [2.75, 3.05) is 10.6 Å². The molecule has 21 heavy (non-hydrogen) atoms. The van der Waals surface area contributed by atoms with Gasteiger partial charge in [0.1, 0.15) is 0 Å². The van der Waals surface area contributed by atoms with E-state index in [0.717, 1.165) is 21.8 Å². The van der Waals surface area contributed by atoms with Gasteiger partial charge in [0, 0.05) is 35.1 Å². The first-order valence-corrected chi connectivity index (χ1v) is 7.33. The highest BCUT2D eigenvalue weighted by Gasteiger charge is 2.06. The summed E-state index contributed by atoms with van der Waals surface area (Å²) in [4.78, 5) is 23.2. The maximum Gasteiger partial charge on any atom is 0.249 e. The zero-order valence-corrected chi connectivity index (χ0v) is 12.7. The number of amides is 2. The van der Waals surface area contributed by atoms with Crippen LogP contribution in [0.4, 0.5) is 11.4 Å². The van der Waals surface area contributed by atoms with Crippen molar-refractivity contribution in [1.29, 1.82) is 0 Å². The number of thiophene rings is 1. The Labute approximate surface area is 127 Å². The first-order chi connectivity index (χ1) is 9.95. The summed E-state index contributed by atoms with van der Waals surface area (Å²) in [5.41, 5.74) is 8.44. The van der Waals surface area contributed by atoms with Crippen LogP contribution in [0.2, 0.25) is 0 Å². The van der Waals surface area contributed by atoms with Crippen molar-refractivity contribution in [3.63, 3.8) is 0 Å². The van der Waals surface area contributed by atoms with E-state index in [2.05, 4.69) is 10.6 Å². The Hall–Kier alpha value is -2.34. The van der Waals surface area contributed by atoms with Crippen molar-refractivity contribution in [2.24, 2.45) is 5.73 Å². The van der Waals surface area contributed by atoms with Gasteiger partial charge in [-0.3, -0.25) is 9.59 Å². The fourth-order valence-corrected chi connectivity index (χ4v) is 2.66. The molecule has 110 valence electrons. The van der Waals surface area contributed by atoms with Crippen LogP contribution in [-0.2, 0) is 11.3 Å². The quantitative estimate of drug-likeness (QED) is 0.794. The molecule has 2 aromatic rings. The lowest BCUT2D eigenvalue weighted by molar-refractivity contribution is -0.114. The summed E-state index contributed by atoms with van der Waals surface area (Å²) in [6, 6.07) is 7.56. The van der Waals surface area contributed by atoms with Gasteiger partial charge < -0.3 is 16.4 Å². The lowest BCUT2D eigenvalue weighted by atomic mass is 10.1. The van der Waals surface area contributed by atoms with Crippen molar-refractivity contribution in [2.45, 2.75) is 20.4 Å². The molecule has 0 fully saturated rings. The normalized spacial score (nSPS) is 10.2. The minimum atomic E-state index is -0.416. The van der Waals surface area contributed by atoms with Crippen LogP contribution in [0, 0.1) is 6.92 Å². The predicted octanol–water partition coefficient (Wildman–Crippen LogP) is 2.73. The van der Waals surface area contributed by atoms with Crippen LogP contribution in [0.1, 0.15) is 27.7 Å². The summed E-state index contributed by atoms with van der Waals surface area (Å²) >= 11 is 1.48. The van der Waals surface area contributed by atoms with Crippen LogP contribution in [0.25, 0.3) is 0 Å². The molecule has 0 unspecified atom stereocenters. The summed E-state index contributed by atoms with van der Waals surface area (Å²) in [5.74, 6) is -0.514. The molecule has 0 spiro atoms. The highest BCUT2D eigenvalue weighted by Crippen LogP contribution is 2.22. The number of primary amides is 1. The lowest BCUT2D eigenvalue weighted by Crippen LogP contribution is -2.09. The summed E-state index contributed by atoms with van der Waals surface area (Å²) in [6.07, 6.45) is 0. The smallest absolute Gasteiger partial charge is 0.249 e. The molecule has 0 aliphatic carbocycles. The van der Waals surface area contributed by atoms with E-state index in [1.54, 1.807) is 11.4 Å². The zero-order chi connectivity index (χ0) is 15.4. The molecule has 0 saturated carbocycles. The Morgan fingerprint density at radius 2 is 2.05 bits per heavy atom. The number of rotatable bonds is 5. The van der Waals surface area contributed by atoms with Crippen LogP contribution < -0.4 is 16.4 Å². The van der Waals surface area contributed by atoms with Crippen molar-refractivity contribution in [3.8, 4) is 0 Å². The molecule has 0 aliphatic rings. The minimum absolute atomic E-state index is 0.0976. The van der Waals surface area contributed by atoms with Crippen molar-refractivity contribution >= 4 is 34.5 Å². The molecule has 2 rings (SSSR count). The molecule has 6 heteroatoms. The van der Waals surface area contributed by atoms with Crippen LogP contribution in [0.5, 0.6) is 0 Å². The van der Waals surface area contributed by atoms with Gasteiger partial charge in [-0.1, -0.05) is 6.07 Å². The number of carbonyl (C=O) groups excluding carboxylic acids is 2. The van der Waals surface area contributed by atoms with Gasteiger partial charge in [-0.05, 0) is 30.7 Å². The van der Waals surface area contributed by atoms with Gasteiger partial charge in [-0.15, -0.1) is 11.3 Å². The van der Waals surface area contributed by atoms with Gasteiger partial charge in [0.05, 0.1) is 5.56 Å².